The molecule has 0 spiro atoms. The summed E-state index contributed by atoms with van der Waals surface area (Å²) in [6, 6.07) is 14.4. The molecular formula is C18H17F2N3O3S. The van der Waals surface area contributed by atoms with Crippen LogP contribution in [0.2, 0.25) is 0 Å². The molecule has 0 amide bonds. The molecular weight excluding hydrogens is 376 g/mol. The standard InChI is InChI=1S/C18H17F2N3O3S/c19-18(20)26-16-8-3-4-9-17(16)27(24,25)22-12-14-6-1-2-7-15(14)13-23-11-5-10-21-23/h1-11,18,22H,12-13H2. The molecule has 0 aliphatic carbocycles. The smallest absolute Gasteiger partial charge is 0.387 e. The number of nitrogens with one attached hydrogen (secondary N) is 1. The first kappa shape index (κ1) is 19.0. The normalized spacial score (nSPS) is 11.7. The van der Waals surface area contributed by atoms with Gasteiger partial charge in [-0.3, -0.25) is 4.68 Å². The van der Waals surface area contributed by atoms with Crippen LogP contribution in [0.4, 0.5) is 8.78 Å². The van der Waals surface area contributed by atoms with Gasteiger partial charge >= 0.3 is 6.61 Å². The maximum absolute atomic E-state index is 12.6. The number of nitrogens with zero attached hydrogens (tertiary/aromatic N) is 2. The van der Waals surface area contributed by atoms with Gasteiger partial charge in [-0.2, -0.15) is 13.9 Å². The van der Waals surface area contributed by atoms with Crippen LogP contribution in [0.3, 0.4) is 0 Å². The third kappa shape index (κ3) is 4.89. The van der Waals surface area contributed by atoms with Crippen LogP contribution in [0, 0.1) is 0 Å². The lowest BCUT2D eigenvalue weighted by molar-refractivity contribution is -0.0517. The Morgan fingerprint density at radius 1 is 1.04 bits per heavy atom. The number of alkyl halides is 2. The van der Waals surface area contributed by atoms with Gasteiger partial charge in [0.05, 0.1) is 6.54 Å². The van der Waals surface area contributed by atoms with E-state index in [4.69, 9.17) is 0 Å². The zero-order valence-electron chi connectivity index (χ0n) is 14.1. The number of hydrogen-bond acceptors (Lipinski definition) is 4. The molecule has 142 valence electrons. The minimum absolute atomic E-state index is 0.00277. The highest BCUT2D eigenvalue weighted by Crippen LogP contribution is 2.25. The molecule has 0 saturated carbocycles. The summed E-state index contributed by atoms with van der Waals surface area (Å²) in [7, 11) is -4.04. The van der Waals surface area contributed by atoms with Crippen molar-refractivity contribution in [2.24, 2.45) is 0 Å². The maximum atomic E-state index is 12.6. The lowest BCUT2D eigenvalue weighted by Gasteiger charge is -2.14. The molecule has 3 rings (SSSR count). The van der Waals surface area contributed by atoms with Crippen molar-refractivity contribution in [3.05, 3.63) is 78.1 Å². The van der Waals surface area contributed by atoms with E-state index in [1.165, 1.54) is 24.3 Å². The van der Waals surface area contributed by atoms with Crippen molar-refractivity contribution in [1.29, 1.82) is 0 Å². The molecule has 27 heavy (non-hydrogen) atoms. The average molecular weight is 393 g/mol. The fraction of sp³-hybridized carbons (Fsp3) is 0.167. The number of para-hydroxylation sites is 1. The van der Waals surface area contributed by atoms with Gasteiger partial charge in [0.25, 0.3) is 0 Å². The van der Waals surface area contributed by atoms with Gasteiger partial charge < -0.3 is 4.74 Å². The van der Waals surface area contributed by atoms with Crippen molar-refractivity contribution in [2.75, 3.05) is 0 Å². The van der Waals surface area contributed by atoms with Crippen molar-refractivity contribution in [3.8, 4) is 5.75 Å². The van der Waals surface area contributed by atoms with Crippen LogP contribution in [0.5, 0.6) is 5.75 Å². The molecule has 1 aromatic heterocycles. The molecule has 0 fully saturated rings. The van der Waals surface area contributed by atoms with E-state index in [0.717, 1.165) is 11.1 Å². The van der Waals surface area contributed by atoms with E-state index in [1.54, 1.807) is 35.3 Å². The van der Waals surface area contributed by atoms with Gasteiger partial charge in [0.15, 0.2) is 0 Å². The number of rotatable bonds is 8. The summed E-state index contributed by atoms with van der Waals surface area (Å²) in [4.78, 5) is -0.338. The van der Waals surface area contributed by atoms with Crippen LogP contribution in [0.25, 0.3) is 0 Å². The minimum Gasteiger partial charge on any atom is -0.433 e. The topological polar surface area (TPSA) is 73.2 Å². The molecule has 0 saturated heterocycles. The van der Waals surface area contributed by atoms with Gasteiger partial charge in [-0.1, -0.05) is 36.4 Å². The Morgan fingerprint density at radius 3 is 2.44 bits per heavy atom. The summed E-state index contributed by atoms with van der Waals surface area (Å²) >= 11 is 0. The zero-order valence-corrected chi connectivity index (χ0v) is 14.9. The van der Waals surface area contributed by atoms with Crippen LogP contribution in [-0.2, 0) is 23.1 Å². The van der Waals surface area contributed by atoms with Gasteiger partial charge in [-0.15, -0.1) is 0 Å². The van der Waals surface area contributed by atoms with E-state index in [1.807, 2.05) is 12.1 Å². The van der Waals surface area contributed by atoms with E-state index in [2.05, 4.69) is 14.6 Å². The number of aromatic nitrogens is 2. The summed E-state index contributed by atoms with van der Waals surface area (Å²) in [5, 5.41) is 4.14. The second-order valence-corrected chi connectivity index (χ2v) is 7.36. The number of benzene rings is 2. The molecule has 6 nitrogen and oxygen atoms in total. The van der Waals surface area contributed by atoms with E-state index >= 15 is 0 Å². The van der Waals surface area contributed by atoms with Crippen molar-refractivity contribution < 1.29 is 21.9 Å². The van der Waals surface area contributed by atoms with Gasteiger partial charge in [0, 0.05) is 18.9 Å². The maximum Gasteiger partial charge on any atom is 0.387 e. The minimum atomic E-state index is -4.04. The quantitative estimate of drug-likeness (QED) is 0.639. The molecule has 3 aromatic rings. The third-order valence-electron chi connectivity index (χ3n) is 3.82. The van der Waals surface area contributed by atoms with E-state index in [0.29, 0.717) is 6.54 Å². The van der Waals surface area contributed by atoms with Crippen molar-refractivity contribution in [2.45, 2.75) is 24.6 Å². The third-order valence-corrected chi connectivity index (χ3v) is 5.26. The van der Waals surface area contributed by atoms with E-state index in [9.17, 15) is 17.2 Å². The summed E-state index contributed by atoms with van der Waals surface area (Å²) in [6.45, 7) is -2.63. The van der Waals surface area contributed by atoms with Crippen LogP contribution in [0.1, 0.15) is 11.1 Å². The average Bonchev–Trinajstić information content (AvgIpc) is 3.14. The molecule has 9 heteroatoms. The zero-order chi connectivity index (χ0) is 19.3. The second kappa shape index (κ2) is 8.28. The highest BCUT2D eigenvalue weighted by Gasteiger charge is 2.21. The molecule has 0 aliphatic rings. The first-order valence-corrected chi connectivity index (χ1v) is 9.52. The fourth-order valence-corrected chi connectivity index (χ4v) is 3.71. The van der Waals surface area contributed by atoms with Crippen LogP contribution in [-0.4, -0.2) is 24.8 Å². The van der Waals surface area contributed by atoms with Gasteiger partial charge in [0.1, 0.15) is 10.6 Å². The SMILES string of the molecule is O=S(=O)(NCc1ccccc1Cn1cccn1)c1ccccc1OC(F)F. The molecule has 0 atom stereocenters. The van der Waals surface area contributed by atoms with Crippen molar-refractivity contribution >= 4 is 10.0 Å². The molecule has 1 N–H and O–H groups in total. The lowest BCUT2D eigenvalue weighted by Crippen LogP contribution is -2.25. The first-order valence-electron chi connectivity index (χ1n) is 8.03. The van der Waals surface area contributed by atoms with Crippen molar-refractivity contribution in [3.63, 3.8) is 0 Å². The summed E-state index contributed by atoms with van der Waals surface area (Å²) in [5.41, 5.74) is 1.64. The van der Waals surface area contributed by atoms with Crippen molar-refractivity contribution in [1.82, 2.24) is 14.5 Å². The van der Waals surface area contributed by atoms with E-state index in [-0.39, 0.29) is 11.4 Å². The predicted octanol–water partition coefficient (Wildman–Crippen LogP) is 3.01. The fourth-order valence-electron chi connectivity index (χ4n) is 2.57. The monoisotopic (exact) mass is 393 g/mol. The number of hydrogen-bond donors (Lipinski definition) is 1. The molecule has 0 aliphatic heterocycles. The number of halogens is 2. The second-order valence-electron chi connectivity index (χ2n) is 5.62. The van der Waals surface area contributed by atoms with Gasteiger partial charge in [-0.25, -0.2) is 13.1 Å². The summed E-state index contributed by atoms with van der Waals surface area (Å²) < 4.78 is 58.7. The Labute approximate surface area is 155 Å². The Hall–Kier alpha value is -2.78. The Morgan fingerprint density at radius 2 is 1.74 bits per heavy atom. The highest BCUT2D eigenvalue weighted by atomic mass is 32.2. The van der Waals surface area contributed by atoms with Crippen LogP contribution in [0.15, 0.2) is 71.9 Å². The van der Waals surface area contributed by atoms with Crippen LogP contribution >= 0.6 is 0 Å². The lowest BCUT2D eigenvalue weighted by atomic mass is 10.1. The largest absolute Gasteiger partial charge is 0.433 e. The molecule has 0 bridgehead atoms. The molecule has 0 unspecified atom stereocenters. The Balaban J connectivity index is 1.79. The summed E-state index contributed by atoms with van der Waals surface area (Å²) in [5.74, 6) is -0.398. The molecule has 1 heterocycles. The Bertz CT molecular complexity index is 993. The molecule has 2 aromatic carbocycles. The first-order chi connectivity index (χ1) is 13.0. The molecule has 0 radical (unpaired) electrons. The summed E-state index contributed by atoms with van der Waals surface area (Å²) in [6.07, 6.45) is 3.46. The highest BCUT2D eigenvalue weighted by molar-refractivity contribution is 7.89. The number of sulfonamides is 1. The predicted molar refractivity (Wildman–Crippen MR) is 94.9 cm³/mol. The van der Waals surface area contributed by atoms with Crippen LogP contribution < -0.4 is 9.46 Å². The van der Waals surface area contributed by atoms with E-state index < -0.39 is 22.4 Å². The van der Waals surface area contributed by atoms with Gasteiger partial charge in [-0.05, 0) is 29.3 Å². The Kier molecular flexibility index (Phi) is 5.82. The number of ether oxygens (including phenoxy) is 1. The van der Waals surface area contributed by atoms with Gasteiger partial charge in [0.2, 0.25) is 10.0 Å².